The van der Waals surface area contributed by atoms with Crippen molar-refractivity contribution in [1.29, 1.82) is 0 Å². The highest BCUT2D eigenvalue weighted by Gasteiger charge is 2.33. The molecule has 90 valence electrons. The van der Waals surface area contributed by atoms with Gasteiger partial charge in [0.25, 0.3) is 0 Å². The van der Waals surface area contributed by atoms with Gasteiger partial charge in [-0.3, -0.25) is 9.69 Å². The zero-order valence-corrected chi connectivity index (χ0v) is 9.46. The Bertz CT molecular complexity index is 418. The first kappa shape index (κ1) is 11.4. The maximum atomic E-state index is 11.6. The predicted molar refractivity (Wildman–Crippen MR) is 58.9 cm³/mol. The Morgan fingerprint density at radius 2 is 2.18 bits per heavy atom. The van der Waals surface area contributed by atoms with Crippen LogP contribution < -0.4 is 0 Å². The Labute approximate surface area is 98.9 Å². The molecule has 5 nitrogen and oxygen atoms in total. The van der Waals surface area contributed by atoms with Gasteiger partial charge in [-0.1, -0.05) is 30.3 Å². The molecular weight excluding hydrogens is 222 g/mol. The third-order valence-corrected chi connectivity index (χ3v) is 2.48. The lowest BCUT2D eigenvalue weighted by Crippen LogP contribution is -2.34. The van der Waals surface area contributed by atoms with E-state index < -0.39 is 18.3 Å². The Kier molecular flexibility index (Phi) is 3.27. The number of cyclic esters (lactones) is 1. The van der Waals surface area contributed by atoms with Crippen LogP contribution in [0.15, 0.2) is 30.3 Å². The normalized spacial score (nSPS) is 19.0. The fourth-order valence-corrected chi connectivity index (χ4v) is 1.57. The zero-order valence-electron chi connectivity index (χ0n) is 9.46. The summed E-state index contributed by atoms with van der Waals surface area (Å²) in [6.45, 7) is 1.78. The van der Waals surface area contributed by atoms with Gasteiger partial charge in [-0.05, 0) is 12.5 Å². The van der Waals surface area contributed by atoms with E-state index in [1.807, 2.05) is 30.3 Å². The van der Waals surface area contributed by atoms with Crippen molar-refractivity contribution in [3.8, 4) is 0 Å². The molecule has 0 spiro atoms. The summed E-state index contributed by atoms with van der Waals surface area (Å²) in [6, 6.07) is 9.35. The van der Waals surface area contributed by atoms with E-state index in [0.29, 0.717) is 0 Å². The number of rotatable bonds is 2. The van der Waals surface area contributed by atoms with Gasteiger partial charge in [-0.2, -0.15) is 0 Å². The van der Waals surface area contributed by atoms with E-state index in [2.05, 4.69) is 0 Å². The SMILES string of the molecule is CC1OC(=O)CN1C(=O)OCc1ccccc1. The molecule has 1 unspecified atom stereocenters. The zero-order chi connectivity index (χ0) is 12.3. The average molecular weight is 235 g/mol. The summed E-state index contributed by atoms with van der Waals surface area (Å²) < 4.78 is 9.92. The summed E-state index contributed by atoms with van der Waals surface area (Å²) in [7, 11) is 0. The van der Waals surface area contributed by atoms with E-state index in [1.54, 1.807) is 6.92 Å². The van der Waals surface area contributed by atoms with Gasteiger partial charge in [0, 0.05) is 0 Å². The van der Waals surface area contributed by atoms with Crippen molar-refractivity contribution in [2.24, 2.45) is 0 Å². The number of nitrogens with zero attached hydrogens (tertiary/aromatic N) is 1. The lowest BCUT2D eigenvalue weighted by atomic mass is 10.2. The molecule has 1 heterocycles. The summed E-state index contributed by atoms with van der Waals surface area (Å²) in [4.78, 5) is 23.9. The number of carbonyl (C=O) groups is 2. The maximum Gasteiger partial charge on any atom is 0.413 e. The second-order valence-corrected chi connectivity index (χ2v) is 3.76. The first-order valence-electron chi connectivity index (χ1n) is 5.33. The molecule has 0 saturated carbocycles. The number of hydrogen-bond donors (Lipinski definition) is 0. The second kappa shape index (κ2) is 4.86. The van der Waals surface area contributed by atoms with Crippen molar-refractivity contribution in [2.45, 2.75) is 19.8 Å². The van der Waals surface area contributed by atoms with Crippen LogP contribution in [-0.4, -0.2) is 29.7 Å². The van der Waals surface area contributed by atoms with E-state index in [9.17, 15) is 9.59 Å². The lowest BCUT2D eigenvalue weighted by molar-refractivity contribution is -0.140. The number of hydrogen-bond acceptors (Lipinski definition) is 4. The predicted octanol–water partition coefficient (Wildman–Crippen LogP) is 1.53. The quantitative estimate of drug-likeness (QED) is 0.729. The van der Waals surface area contributed by atoms with Crippen LogP contribution in [0.5, 0.6) is 0 Å². The van der Waals surface area contributed by atoms with E-state index in [1.165, 1.54) is 4.90 Å². The molecule has 1 atom stereocenters. The average Bonchev–Trinajstić information content (AvgIpc) is 2.67. The molecule has 1 amide bonds. The van der Waals surface area contributed by atoms with Gasteiger partial charge in [0.1, 0.15) is 13.2 Å². The highest BCUT2D eigenvalue weighted by Crippen LogP contribution is 2.12. The molecule has 1 saturated heterocycles. The molecule has 1 aliphatic heterocycles. The van der Waals surface area contributed by atoms with Crippen LogP contribution in [-0.2, 0) is 20.9 Å². The molecular formula is C12H13NO4. The summed E-state index contributed by atoms with van der Waals surface area (Å²) in [6.07, 6.45) is -1.09. The highest BCUT2D eigenvalue weighted by molar-refractivity contribution is 5.81. The minimum atomic E-state index is -0.550. The Balaban J connectivity index is 1.88. The van der Waals surface area contributed by atoms with E-state index in [0.717, 1.165) is 5.56 Å². The molecule has 0 N–H and O–H groups in total. The van der Waals surface area contributed by atoms with Gasteiger partial charge in [-0.25, -0.2) is 4.79 Å². The minimum Gasteiger partial charge on any atom is -0.444 e. The van der Waals surface area contributed by atoms with Crippen molar-refractivity contribution in [2.75, 3.05) is 6.54 Å². The van der Waals surface area contributed by atoms with Gasteiger partial charge in [0.2, 0.25) is 0 Å². The van der Waals surface area contributed by atoms with Gasteiger partial charge >= 0.3 is 12.1 Å². The molecule has 0 aliphatic carbocycles. The fourth-order valence-electron chi connectivity index (χ4n) is 1.57. The smallest absolute Gasteiger partial charge is 0.413 e. The molecule has 0 bridgehead atoms. The van der Waals surface area contributed by atoms with E-state index >= 15 is 0 Å². The monoisotopic (exact) mass is 235 g/mol. The molecule has 2 rings (SSSR count). The summed E-state index contributed by atoms with van der Waals surface area (Å²) in [5.41, 5.74) is 0.903. The Morgan fingerprint density at radius 3 is 2.76 bits per heavy atom. The van der Waals surface area contributed by atoms with E-state index in [4.69, 9.17) is 9.47 Å². The molecule has 5 heteroatoms. The molecule has 1 aliphatic rings. The lowest BCUT2D eigenvalue weighted by Gasteiger charge is -2.17. The van der Waals surface area contributed by atoms with Crippen LogP contribution in [0.2, 0.25) is 0 Å². The summed E-state index contributed by atoms with van der Waals surface area (Å²) in [5.74, 6) is -0.408. The highest BCUT2D eigenvalue weighted by atomic mass is 16.6. The minimum absolute atomic E-state index is 0.0468. The fraction of sp³-hybridized carbons (Fsp3) is 0.333. The molecule has 1 fully saturated rings. The number of benzene rings is 1. The Morgan fingerprint density at radius 1 is 1.47 bits per heavy atom. The standard InChI is InChI=1S/C12H13NO4/c1-9-13(7-11(14)17-9)12(15)16-8-10-5-3-2-4-6-10/h2-6,9H,7-8H2,1H3. The van der Waals surface area contributed by atoms with Gasteiger partial charge < -0.3 is 9.47 Å². The number of ether oxygens (including phenoxy) is 2. The molecule has 1 aromatic rings. The van der Waals surface area contributed by atoms with Crippen LogP contribution in [0.3, 0.4) is 0 Å². The van der Waals surface area contributed by atoms with Gasteiger partial charge in [0.15, 0.2) is 6.23 Å². The summed E-state index contributed by atoms with van der Waals surface area (Å²) in [5, 5.41) is 0. The topological polar surface area (TPSA) is 55.8 Å². The van der Waals surface area contributed by atoms with Crippen molar-refractivity contribution in [3.63, 3.8) is 0 Å². The summed E-state index contributed by atoms with van der Waals surface area (Å²) >= 11 is 0. The van der Waals surface area contributed by atoms with Crippen molar-refractivity contribution in [3.05, 3.63) is 35.9 Å². The Hall–Kier alpha value is -2.04. The molecule has 0 radical (unpaired) electrons. The second-order valence-electron chi connectivity index (χ2n) is 3.76. The van der Waals surface area contributed by atoms with Crippen LogP contribution in [0, 0.1) is 0 Å². The largest absolute Gasteiger partial charge is 0.444 e. The van der Waals surface area contributed by atoms with Crippen LogP contribution in [0.25, 0.3) is 0 Å². The van der Waals surface area contributed by atoms with Crippen LogP contribution in [0.4, 0.5) is 4.79 Å². The first-order chi connectivity index (χ1) is 8.16. The van der Waals surface area contributed by atoms with E-state index in [-0.39, 0.29) is 13.2 Å². The maximum absolute atomic E-state index is 11.6. The van der Waals surface area contributed by atoms with Crippen molar-refractivity contribution >= 4 is 12.1 Å². The van der Waals surface area contributed by atoms with Crippen molar-refractivity contribution < 1.29 is 19.1 Å². The number of amides is 1. The third kappa shape index (κ3) is 2.75. The molecule has 0 aromatic heterocycles. The molecule has 1 aromatic carbocycles. The van der Waals surface area contributed by atoms with Gasteiger partial charge in [-0.15, -0.1) is 0 Å². The van der Waals surface area contributed by atoms with Crippen molar-refractivity contribution in [1.82, 2.24) is 4.90 Å². The van der Waals surface area contributed by atoms with Gasteiger partial charge in [0.05, 0.1) is 0 Å². The molecule has 17 heavy (non-hydrogen) atoms. The van der Waals surface area contributed by atoms with Crippen LogP contribution >= 0.6 is 0 Å². The number of carbonyl (C=O) groups excluding carboxylic acids is 2. The number of esters is 1. The third-order valence-electron chi connectivity index (χ3n) is 2.48. The first-order valence-corrected chi connectivity index (χ1v) is 5.33. The van der Waals surface area contributed by atoms with Crippen LogP contribution in [0.1, 0.15) is 12.5 Å².